The van der Waals surface area contributed by atoms with Crippen LogP contribution in [-0.4, -0.2) is 32.1 Å². The predicted molar refractivity (Wildman–Crippen MR) is 63.0 cm³/mol. The van der Waals surface area contributed by atoms with E-state index in [0.29, 0.717) is 13.1 Å². The van der Waals surface area contributed by atoms with Crippen molar-refractivity contribution in [3.63, 3.8) is 0 Å². The van der Waals surface area contributed by atoms with Gasteiger partial charge in [-0.2, -0.15) is 0 Å². The third kappa shape index (κ3) is 3.79. The molecule has 1 aromatic rings. The van der Waals surface area contributed by atoms with Gasteiger partial charge in [-0.3, -0.25) is 0 Å². The summed E-state index contributed by atoms with van der Waals surface area (Å²) in [5.74, 6) is 0.490. The monoisotopic (exact) mass is 226 g/mol. The van der Waals surface area contributed by atoms with Crippen LogP contribution in [-0.2, 0) is 6.54 Å². The van der Waals surface area contributed by atoms with Crippen LogP contribution in [0.4, 0.5) is 4.39 Å². The number of rotatable bonds is 6. The first-order valence-electron chi connectivity index (χ1n) is 5.38. The van der Waals surface area contributed by atoms with Crippen molar-refractivity contribution in [1.29, 1.82) is 0 Å². The first-order chi connectivity index (χ1) is 7.67. The summed E-state index contributed by atoms with van der Waals surface area (Å²) in [6.45, 7) is 2.24. The van der Waals surface area contributed by atoms with Crippen molar-refractivity contribution in [2.75, 3.05) is 27.2 Å². The van der Waals surface area contributed by atoms with E-state index in [1.54, 1.807) is 13.2 Å². The van der Waals surface area contributed by atoms with E-state index in [1.807, 2.05) is 7.05 Å². The maximum absolute atomic E-state index is 13.1. The van der Waals surface area contributed by atoms with Crippen molar-refractivity contribution < 1.29 is 9.13 Å². The van der Waals surface area contributed by atoms with Crippen LogP contribution >= 0.6 is 0 Å². The smallest absolute Gasteiger partial charge is 0.123 e. The van der Waals surface area contributed by atoms with Crippen molar-refractivity contribution in [2.45, 2.75) is 13.0 Å². The van der Waals surface area contributed by atoms with Gasteiger partial charge in [0.05, 0.1) is 7.11 Å². The fourth-order valence-corrected chi connectivity index (χ4v) is 1.60. The topological polar surface area (TPSA) is 38.5 Å². The number of nitrogens with two attached hydrogens (primary N) is 1. The van der Waals surface area contributed by atoms with E-state index < -0.39 is 0 Å². The molecule has 0 aliphatic rings. The summed E-state index contributed by atoms with van der Waals surface area (Å²) in [5, 5.41) is 0. The Bertz CT molecular complexity index is 331. The molecule has 3 nitrogen and oxygen atoms in total. The first kappa shape index (κ1) is 12.9. The second-order valence-corrected chi connectivity index (χ2v) is 3.84. The minimum absolute atomic E-state index is 0.233. The minimum Gasteiger partial charge on any atom is -0.496 e. The van der Waals surface area contributed by atoms with Gasteiger partial charge in [0, 0.05) is 12.1 Å². The third-order valence-corrected chi connectivity index (χ3v) is 2.43. The van der Waals surface area contributed by atoms with Crippen LogP contribution in [0.25, 0.3) is 0 Å². The SMILES string of the molecule is COc1ccc(F)cc1CN(C)CCCN. The Morgan fingerprint density at radius 1 is 1.44 bits per heavy atom. The summed E-state index contributed by atoms with van der Waals surface area (Å²) in [6, 6.07) is 4.57. The average molecular weight is 226 g/mol. The van der Waals surface area contributed by atoms with Gasteiger partial charge in [0.2, 0.25) is 0 Å². The van der Waals surface area contributed by atoms with Gasteiger partial charge in [-0.05, 0) is 44.8 Å². The molecule has 0 bridgehead atoms. The highest BCUT2D eigenvalue weighted by atomic mass is 19.1. The van der Waals surface area contributed by atoms with Gasteiger partial charge in [-0.25, -0.2) is 4.39 Å². The third-order valence-electron chi connectivity index (χ3n) is 2.43. The van der Waals surface area contributed by atoms with Gasteiger partial charge >= 0.3 is 0 Å². The standard InChI is InChI=1S/C12H19FN2O/c1-15(7-3-6-14)9-10-8-11(13)4-5-12(10)16-2/h4-5,8H,3,6-7,9,14H2,1-2H3. The molecule has 0 saturated heterocycles. The molecule has 0 aliphatic heterocycles. The Hall–Kier alpha value is -1.13. The van der Waals surface area contributed by atoms with Crippen molar-refractivity contribution in [2.24, 2.45) is 5.73 Å². The summed E-state index contributed by atoms with van der Waals surface area (Å²) < 4.78 is 18.3. The molecule has 1 rings (SSSR count). The highest BCUT2D eigenvalue weighted by Gasteiger charge is 2.07. The van der Waals surface area contributed by atoms with E-state index in [1.165, 1.54) is 12.1 Å². The van der Waals surface area contributed by atoms with Crippen LogP contribution in [0.1, 0.15) is 12.0 Å². The fraction of sp³-hybridized carbons (Fsp3) is 0.500. The van der Waals surface area contributed by atoms with Gasteiger partial charge in [0.1, 0.15) is 11.6 Å². The number of benzene rings is 1. The molecule has 0 radical (unpaired) electrons. The molecule has 0 heterocycles. The van der Waals surface area contributed by atoms with Crippen LogP contribution in [0.3, 0.4) is 0 Å². The molecule has 0 atom stereocenters. The molecule has 0 unspecified atom stereocenters. The second kappa shape index (κ2) is 6.45. The lowest BCUT2D eigenvalue weighted by Gasteiger charge is -2.17. The Morgan fingerprint density at radius 2 is 2.19 bits per heavy atom. The van der Waals surface area contributed by atoms with E-state index in [-0.39, 0.29) is 5.82 Å². The van der Waals surface area contributed by atoms with E-state index in [4.69, 9.17) is 10.5 Å². The van der Waals surface area contributed by atoms with Crippen molar-refractivity contribution in [1.82, 2.24) is 4.90 Å². The molecular weight excluding hydrogens is 207 g/mol. The Morgan fingerprint density at radius 3 is 2.81 bits per heavy atom. The van der Waals surface area contributed by atoms with Crippen LogP contribution < -0.4 is 10.5 Å². The molecule has 0 aliphatic carbocycles. The lowest BCUT2D eigenvalue weighted by molar-refractivity contribution is 0.314. The molecule has 0 fully saturated rings. The fourth-order valence-electron chi connectivity index (χ4n) is 1.60. The second-order valence-electron chi connectivity index (χ2n) is 3.84. The molecular formula is C12H19FN2O. The van der Waals surface area contributed by atoms with Gasteiger partial charge in [-0.15, -0.1) is 0 Å². The highest BCUT2D eigenvalue weighted by molar-refractivity contribution is 5.33. The van der Waals surface area contributed by atoms with Gasteiger partial charge < -0.3 is 15.4 Å². The van der Waals surface area contributed by atoms with Crippen LogP contribution in [0.2, 0.25) is 0 Å². The molecule has 90 valence electrons. The highest BCUT2D eigenvalue weighted by Crippen LogP contribution is 2.20. The maximum atomic E-state index is 13.1. The molecule has 0 spiro atoms. The summed E-state index contributed by atoms with van der Waals surface area (Å²) in [5.41, 5.74) is 6.30. The van der Waals surface area contributed by atoms with Crippen LogP contribution in [0.15, 0.2) is 18.2 Å². The quantitative estimate of drug-likeness (QED) is 0.801. The average Bonchev–Trinajstić information content (AvgIpc) is 2.27. The summed E-state index contributed by atoms with van der Waals surface area (Å²) in [7, 11) is 3.58. The van der Waals surface area contributed by atoms with Crippen molar-refractivity contribution in [3.05, 3.63) is 29.6 Å². The van der Waals surface area contributed by atoms with E-state index in [2.05, 4.69) is 4.90 Å². The van der Waals surface area contributed by atoms with E-state index >= 15 is 0 Å². The van der Waals surface area contributed by atoms with Crippen molar-refractivity contribution >= 4 is 0 Å². The van der Waals surface area contributed by atoms with Gasteiger partial charge in [-0.1, -0.05) is 0 Å². The summed E-state index contributed by atoms with van der Waals surface area (Å²) in [6.07, 6.45) is 0.939. The zero-order valence-corrected chi connectivity index (χ0v) is 9.87. The predicted octanol–water partition coefficient (Wildman–Crippen LogP) is 1.61. The van der Waals surface area contributed by atoms with Gasteiger partial charge in [0.15, 0.2) is 0 Å². The lowest BCUT2D eigenvalue weighted by Crippen LogP contribution is -2.21. The first-order valence-corrected chi connectivity index (χ1v) is 5.38. The molecule has 2 N–H and O–H groups in total. The molecule has 16 heavy (non-hydrogen) atoms. The molecule has 4 heteroatoms. The zero-order chi connectivity index (χ0) is 12.0. The zero-order valence-electron chi connectivity index (χ0n) is 9.87. The number of halogens is 1. The molecule has 0 amide bonds. The Labute approximate surface area is 96.0 Å². The number of methoxy groups -OCH3 is 1. The van der Waals surface area contributed by atoms with Crippen molar-refractivity contribution in [3.8, 4) is 5.75 Å². The van der Waals surface area contributed by atoms with Crippen LogP contribution in [0.5, 0.6) is 5.75 Å². The number of hydrogen-bond donors (Lipinski definition) is 1. The summed E-state index contributed by atoms with van der Waals surface area (Å²) >= 11 is 0. The van der Waals surface area contributed by atoms with E-state index in [0.717, 1.165) is 24.3 Å². The lowest BCUT2D eigenvalue weighted by atomic mass is 10.2. The molecule has 1 aromatic carbocycles. The largest absolute Gasteiger partial charge is 0.496 e. The number of hydrogen-bond acceptors (Lipinski definition) is 3. The maximum Gasteiger partial charge on any atom is 0.123 e. The van der Waals surface area contributed by atoms with Gasteiger partial charge in [0.25, 0.3) is 0 Å². The number of nitrogens with zero attached hydrogens (tertiary/aromatic N) is 1. The molecule has 0 saturated carbocycles. The van der Waals surface area contributed by atoms with E-state index in [9.17, 15) is 4.39 Å². The Kier molecular flexibility index (Phi) is 5.22. The molecule has 0 aromatic heterocycles. The van der Waals surface area contributed by atoms with Crippen LogP contribution in [0, 0.1) is 5.82 Å². The normalized spacial score (nSPS) is 10.8. The Balaban J connectivity index is 2.67. The number of ether oxygens (including phenoxy) is 1. The summed E-state index contributed by atoms with van der Waals surface area (Å²) in [4.78, 5) is 2.10. The minimum atomic E-state index is -0.233.